The fourth-order valence-corrected chi connectivity index (χ4v) is 4.16. The highest BCUT2D eigenvalue weighted by atomic mass is 32.2. The largest absolute Gasteiger partial charge is 0.493 e. The predicted molar refractivity (Wildman–Crippen MR) is 124 cm³/mol. The number of anilines is 1. The van der Waals surface area contributed by atoms with E-state index < -0.39 is 9.84 Å². The van der Waals surface area contributed by atoms with Crippen molar-refractivity contribution < 1.29 is 22.7 Å². The Hall–Kier alpha value is -3.59. The fourth-order valence-electron chi connectivity index (χ4n) is 3.52. The lowest BCUT2D eigenvalue weighted by Crippen LogP contribution is -2.33. The van der Waals surface area contributed by atoms with Crippen LogP contribution in [0.25, 0.3) is 0 Å². The Bertz CT molecular complexity index is 1200. The lowest BCUT2D eigenvalue weighted by Gasteiger charge is -2.17. The molecule has 1 atom stereocenters. The van der Waals surface area contributed by atoms with Gasteiger partial charge in [0.25, 0.3) is 0 Å². The smallest absolute Gasteiger partial charge is 0.321 e. The number of rotatable bonds is 7. The molecule has 33 heavy (non-hydrogen) atoms. The van der Waals surface area contributed by atoms with E-state index >= 15 is 0 Å². The van der Waals surface area contributed by atoms with Crippen LogP contribution in [0, 0.1) is 5.92 Å². The van der Waals surface area contributed by atoms with Crippen LogP contribution in [0.2, 0.25) is 0 Å². The number of carbonyl (C=O) groups excluding carboxylic acids is 1. The summed E-state index contributed by atoms with van der Waals surface area (Å²) in [5.41, 5.74) is 0.671. The first-order chi connectivity index (χ1) is 15.9. The third kappa shape index (κ3) is 6.23. The van der Waals surface area contributed by atoms with E-state index in [4.69, 9.17) is 9.47 Å². The Morgan fingerprint density at radius 3 is 2.61 bits per heavy atom. The normalized spacial score (nSPS) is 15.8. The lowest BCUT2D eigenvalue weighted by molar-refractivity contribution is 0.214. The molecule has 0 aliphatic carbocycles. The SMILES string of the molecule is CS(=O)(=O)c1ccc(Oc2cccc(OCC3CCN(C(=O)Nc4cccnc4)C3)c2)cc1. The van der Waals surface area contributed by atoms with E-state index in [2.05, 4.69) is 10.3 Å². The third-order valence-electron chi connectivity index (χ3n) is 5.26. The van der Waals surface area contributed by atoms with Crippen LogP contribution < -0.4 is 14.8 Å². The number of aromatic nitrogens is 1. The number of amides is 2. The molecule has 9 heteroatoms. The monoisotopic (exact) mass is 467 g/mol. The number of hydrogen-bond donors (Lipinski definition) is 1. The van der Waals surface area contributed by atoms with Gasteiger partial charge in [-0.3, -0.25) is 4.98 Å². The molecule has 3 aromatic rings. The quantitative estimate of drug-likeness (QED) is 0.559. The Kier molecular flexibility index (Phi) is 6.79. The summed E-state index contributed by atoms with van der Waals surface area (Å²) in [4.78, 5) is 18.4. The predicted octanol–water partition coefficient (Wildman–Crippen LogP) is 4.21. The van der Waals surface area contributed by atoms with Crippen molar-refractivity contribution in [2.24, 2.45) is 5.92 Å². The minimum atomic E-state index is -3.25. The minimum absolute atomic E-state index is 0.136. The van der Waals surface area contributed by atoms with E-state index in [-0.39, 0.29) is 16.8 Å². The molecule has 4 rings (SSSR count). The number of sulfone groups is 1. The van der Waals surface area contributed by atoms with Gasteiger partial charge in [0.1, 0.15) is 17.2 Å². The summed E-state index contributed by atoms with van der Waals surface area (Å²) in [5.74, 6) is 2.02. The average molecular weight is 468 g/mol. The Labute approximate surface area is 193 Å². The van der Waals surface area contributed by atoms with Crippen LogP contribution in [0.3, 0.4) is 0 Å². The highest BCUT2D eigenvalue weighted by molar-refractivity contribution is 7.90. The fraction of sp³-hybridized carbons (Fsp3) is 0.250. The van der Waals surface area contributed by atoms with Gasteiger partial charge in [0, 0.05) is 37.5 Å². The van der Waals surface area contributed by atoms with E-state index in [9.17, 15) is 13.2 Å². The standard InChI is InChI=1S/C24H25N3O5S/c1-33(29,30)23-9-7-20(8-10-23)32-22-6-2-5-21(14-22)31-17-18-11-13-27(16-18)24(28)26-19-4-3-12-25-15-19/h2-10,12,14-15,18H,11,13,16-17H2,1H3,(H,26,28). The Morgan fingerprint density at radius 2 is 1.88 bits per heavy atom. The number of ether oxygens (including phenoxy) is 2. The van der Waals surface area contributed by atoms with Gasteiger partial charge in [0.15, 0.2) is 9.84 Å². The zero-order chi connectivity index (χ0) is 23.3. The summed E-state index contributed by atoms with van der Waals surface area (Å²) in [5, 5.41) is 2.85. The van der Waals surface area contributed by atoms with Gasteiger partial charge in [-0.1, -0.05) is 6.07 Å². The van der Waals surface area contributed by atoms with Crippen LogP contribution in [0.4, 0.5) is 10.5 Å². The maximum absolute atomic E-state index is 12.4. The second kappa shape index (κ2) is 9.91. The van der Waals surface area contributed by atoms with E-state index in [1.165, 1.54) is 18.4 Å². The average Bonchev–Trinajstić information content (AvgIpc) is 3.28. The van der Waals surface area contributed by atoms with Gasteiger partial charge in [-0.2, -0.15) is 0 Å². The molecular weight excluding hydrogens is 442 g/mol. The van der Waals surface area contributed by atoms with Gasteiger partial charge in [-0.05, 0) is 55.0 Å². The van der Waals surface area contributed by atoms with Crippen molar-refractivity contribution in [1.82, 2.24) is 9.88 Å². The van der Waals surface area contributed by atoms with Crippen molar-refractivity contribution in [3.05, 3.63) is 73.1 Å². The number of nitrogens with zero attached hydrogens (tertiary/aromatic N) is 2. The number of nitrogens with one attached hydrogen (secondary N) is 1. The summed E-state index contributed by atoms with van der Waals surface area (Å²) in [7, 11) is -3.25. The molecule has 2 amide bonds. The maximum atomic E-state index is 12.4. The van der Waals surface area contributed by atoms with Crippen molar-refractivity contribution in [1.29, 1.82) is 0 Å². The number of urea groups is 1. The number of benzene rings is 2. The molecule has 1 aliphatic rings. The zero-order valence-electron chi connectivity index (χ0n) is 18.2. The van der Waals surface area contributed by atoms with Crippen LogP contribution in [0.1, 0.15) is 6.42 Å². The van der Waals surface area contributed by atoms with Crippen molar-refractivity contribution >= 4 is 21.6 Å². The first kappa shape index (κ1) is 22.6. The van der Waals surface area contributed by atoms with E-state index in [1.54, 1.807) is 53.7 Å². The van der Waals surface area contributed by atoms with Crippen LogP contribution in [-0.2, 0) is 9.84 Å². The van der Waals surface area contributed by atoms with Gasteiger partial charge in [0.05, 0.1) is 23.4 Å². The van der Waals surface area contributed by atoms with E-state index in [1.807, 2.05) is 12.1 Å². The molecule has 0 spiro atoms. The molecule has 0 saturated carbocycles. The van der Waals surface area contributed by atoms with Gasteiger partial charge in [0.2, 0.25) is 0 Å². The highest BCUT2D eigenvalue weighted by Gasteiger charge is 2.26. The summed E-state index contributed by atoms with van der Waals surface area (Å²) in [6, 6.07) is 17.0. The first-order valence-electron chi connectivity index (χ1n) is 10.5. The van der Waals surface area contributed by atoms with Crippen LogP contribution in [-0.4, -0.2) is 50.3 Å². The molecule has 1 fully saturated rings. The second-order valence-electron chi connectivity index (χ2n) is 7.90. The molecule has 1 saturated heterocycles. The Morgan fingerprint density at radius 1 is 1.09 bits per heavy atom. The lowest BCUT2D eigenvalue weighted by atomic mass is 10.1. The van der Waals surface area contributed by atoms with Gasteiger partial charge >= 0.3 is 6.03 Å². The highest BCUT2D eigenvalue weighted by Crippen LogP contribution is 2.27. The molecular formula is C24H25N3O5S. The van der Waals surface area contributed by atoms with Crippen LogP contribution in [0.5, 0.6) is 17.2 Å². The van der Waals surface area contributed by atoms with Crippen molar-refractivity contribution in [3.8, 4) is 17.2 Å². The molecule has 1 aliphatic heterocycles. The zero-order valence-corrected chi connectivity index (χ0v) is 19.0. The molecule has 0 radical (unpaired) electrons. The van der Waals surface area contributed by atoms with Crippen molar-refractivity contribution in [2.75, 3.05) is 31.3 Å². The molecule has 1 aromatic heterocycles. The molecule has 1 N–H and O–H groups in total. The number of likely N-dealkylation sites (tertiary alicyclic amines) is 1. The third-order valence-corrected chi connectivity index (χ3v) is 6.39. The molecule has 2 heterocycles. The molecule has 172 valence electrons. The van der Waals surface area contributed by atoms with Crippen molar-refractivity contribution in [3.63, 3.8) is 0 Å². The second-order valence-corrected chi connectivity index (χ2v) is 9.92. The molecule has 0 bridgehead atoms. The number of pyridine rings is 1. The Balaban J connectivity index is 1.28. The number of carbonyl (C=O) groups is 1. The van der Waals surface area contributed by atoms with Crippen molar-refractivity contribution in [2.45, 2.75) is 11.3 Å². The topological polar surface area (TPSA) is 97.8 Å². The molecule has 1 unspecified atom stereocenters. The van der Waals surface area contributed by atoms with Crippen LogP contribution in [0.15, 0.2) is 78.0 Å². The minimum Gasteiger partial charge on any atom is -0.493 e. The maximum Gasteiger partial charge on any atom is 0.321 e. The van der Waals surface area contributed by atoms with Gasteiger partial charge in [-0.25, -0.2) is 13.2 Å². The van der Waals surface area contributed by atoms with Gasteiger partial charge < -0.3 is 19.7 Å². The summed E-state index contributed by atoms with van der Waals surface area (Å²) >= 11 is 0. The van der Waals surface area contributed by atoms with E-state index in [0.717, 1.165) is 6.42 Å². The first-order valence-corrected chi connectivity index (χ1v) is 12.4. The number of hydrogen-bond acceptors (Lipinski definition) is 6. The summed E-state index contributed by atoms with van der Waals surface area (Å²) < 4.78 is 34.9. The van der Waals surface area contributed by atoms with E-state index in [0.29, 0.717) is 42.6 Å². The van der Waals surface area contributed by atoms with Crippen LogP contribution >= 0.6 is 0 Å². The summed E-state index contributed by atoms with van der Waals surface area (Å²) in [6.45, 7) is 1.78. The van der Waals surface area contributed by atoms with Gasteiger partial charge in [-0.15, -0.1) is 0 Å². The molecule has 8 nitrogen and oxygen atoms in total. The summed E-state index contributed by atoms with van der Waals surface area (Å²) in [6.07, 6.45) is 5.31. The molecule has 2 aromatic carbocycles.